The molecule has 102 valence electrons. The first-order chi connectivity index (χ1) is 8.40. The number of oxime groups is 1. The zero-order valence-electron chi connectivity index (χ0n) is 10.2. The Balaban J connectivity index is 2.85. The highest BCUT2D eigenvalue weighted by Gasteiger charge is 2.22. The lowest BCUT2D eigenvalue weighted by atomic mass is 10.1. The summed E-state index contributed by atoms with van der Waals surface area (Å²) in [6, 6.07) is 0.972. The molecule has 1 heterocycles. The predicted octanol–water partition coefficient (Wildman–Crippen LogP) is -0.386. The highest BCUT2D eigenvalue weighted by molar-refractivity contribution is 7.89. The number of hydrogen-bond donors (Lipinski definition) is 3. The van der Waals surface area contributed by atoms with E-state index in [1.54, 1.807) is 14.0 Å². The molecule has 0 aliphatic carbocycles. The van der Waals surface area contributed by atoms with Crippen molar-refractivity contribution in [2.45, 2.75) is 30.8 Å². The summed E-state index contributed by atoms with van der Waals surface area (Å²) in [5.74, 6) is -0.0189. The van der Waals surface area contributed by atoms with Crippen LogP contribution in [0.1, 0.15) is 19.8 Å². The smallest absolute Gasteiger partial charge is 0.257 e. The van der Waals surface area contributed by atoms with Crippen LogP contribution >= 0.6 is 0 Å². The van der Waals surface area contributed by atoms with Crippen LogP contribution in [-0.4, -0.2) is 35.3 Å². The van der Waals surface area contributed by atoms with Crippen molar-refractivity contribution >= 4 is 15.9 Å². The SMILES string of the molecule is CCC(CC(N)=NO)NS(=O)(=O)c1ccnn1C. The molecule has 0 saturated carbocycles. The van der Waals surface area contributed by atoms with Gasteiger partial charge in [0.2, 0.25) is 0 Å². The van der Waals surface area contributed by atoms with Gasteiger partial charge in [0.05, 0.1) is 6.20 Å². The van der Waals surface area contributed by atoms with Crippen molar-refractivity contribution < 1.29 is 13.6 Å². The molecule has 0 fully saturated rings. The summed E-state index contributed by atoms with van der Waals surface area (Å²) >= 11 is 0. The maximum Gasteiger partial charge on any atom is 0.257 e. The molecule has 0 saturated heterocycles. The van der Waals surface area contributed by atoms with E-state index in [9.17, 15) is 8.42 Å². The van der Waals surface area contributed by atoms with Gasteiger partial charge in [0.15, 0.2) is 5.03 Å². The Morgan fingerprint density at radius 2 is 2.39 bits per heavy atom. The summed E-state index contributed by atoms with van der Waals surface area (Å²) in [6.07, 6.45) is 2.07. The van der Waals surface area contributed by atoms with Gasteiger partial charge in [-0.15, -0.1) is 0 Å². The third-order valence-electron chi connectivity index (χ3n) is 2.45. The van der Waals surface area contributed by atoms with Crippen molar-refractivity contribution in [3.8, 4) is 0 Å². The van der Waals surface area contributed by atoms with Crippen molar-refractivity contribution in [1.29, 1.82) is 0 Å². The van der Waals surface area contributed by atoms with E-state index in [4.69, 9.17) is 10.9 Å². The molecule has 9 heteroatoms. The number of aromatic nitrogens is 2. The third kappa shape index (κ3) is 3.44. The fraction of sp³-hybridized carbons (Fsp3) is 0.556. The second kappa shape index (κ2) is 5.83. The molecule has 0 spiro atoms. The summed E-state index contributed by atoms with van der Waals surface area (Å²) in [7, 11) is -2.11. The molecule has 1 aromatic rings. The first-order valence-electron chi connectivity index (χ1n) is 5.37. The lowest BCUT2D eigenvalue weighted by Gasteiger charge is -2.16. The highest BCUT2D eigenvalue weighted by Crippen LogP contribution is 2.09. The van der Waals surface area contributed by atoms with Gasteiger partial charge in [-0.25, -0.2) is 13.1 Å². The van der Waals surface area contributed by atoms with Gasteiger partial charge < -0.3 is 10.9 Å². The largest absolute Gasteiger partial charge is 0.409 e. The van der Waals surface area contributed by atoms with E-state index >= 15 is 0 Å². The Bertz CT molecular complexity index is 522. The molecule has 4 N–H and O–H groups in total. The van der Waals surface area contributed by atoms with Crippen molar-refractivity contribution in [3.05, 3.63) is 12.3 Å². The van der Waals surface area contributed by atoms with E-state index in [0.29, 0.717) is 6.42 Å². The molecule has 0 aliphatic heterocycles. The maximum atomic E-state index is 12.0. The lowest BCUT2D eigenvalue weighted by molar-refractivity contribution is 0.316. The fourth-order valence-electron chi connectivity index (χ4n) is 1.47. The second-order valence-electron chi connectivity index (χ2n) is 3.81. The molecule has 0 radical (unpaired) electrons. The van der Waals surface area contributed by atoms with Gasteiger partial charge in [0, 0.05) is 19.5 Å². The van der Waals surface area contributed by atoms with Crippen molar-refractivity contribution in [3.63, 3.8) is 0 Å². The Kier molecular flexibility index (Phi) is 4.68. The first kappa shape index (κ1) is 14.5. The van der Waals surface area contributed by atoms with E-state index in [0.717, 1.165) is 0 Å². The van der Waals surface area contributed by atoms with Crippen LogP contribution in [0.15, 0.2) is 22.4 Å². The second-order valence-corrected chi connectivity index (χ2v) is 5.48. The summed E-state index contributed by atoms with van der Waals surface area (Å²) in [4.78, 5) is 0. The number of rotatable bonds is 6. The number of hydrogen-bond acceptors (Lipinski definition) is 5. The molecule has 1 unspecified atom stereocenters. The van der Waals surface area contributed by atoms with Crippen molar-refractivity contribution in [2.24, 2.45) is 17.9 Å². The zero-order valence-corrected chi connectivity index (χ0v) is 11.1. The van der Waals surface area contributed by atoms with Gasteiger partial charge in [-0.1, -0.05) is 12.1 Å². The molecule has 8 nitrogen and oxygen atoms in total. The number of amidine groups is 1. The van der Waals surface area contributed by atoms with Crippen LogP contribution in [0.25, 0.3) is 0 Å². The van der Waals surface area contributed by atoms with Gasteiger partial charge in [0.25, 0.3) is 10.0 Å². The number of sulfonamides is 1. The molecule has 0 aromatic carbocycles. The third-order valence-corrected chi connectivity index (χ3v) is 4.04. The topological polar surface area (TPSA) is 123 Å². The number of nitrogens with two attached hydrogens (primary N) is 1. The quantitative estimate of drug-likeness (QED) is 0.282. The summed E-state index contributed by atoms with van der Waals surface area (Å²) in [6.45, 7) is 1.81. The maximum absolute atomic E-state index is 12.0. The molecule has 1 atom stereocenters. The van der Waals surface area contributed by atoms with Crippen LogP contribution in [0.3, 0.4) is 0 Å². The van der Waals surface area contributed by atoms with E-state index < -0.39 is 16.1 Å². The molecular weight excluding hydrogens is 258 g/mol. The van der Waals surface area contributed by atoms with Crippen LogP contribution in [0.2, 0.25) is 0 Å². The molecule has 0 amide bonds. The molecule has 1 aromatic heterocycles. The molecule has 18 heavy (non-hydrogen) atoms. The normalized spacial score (nSPS) is 14.7. The molecule has 1 rings (SSSR count). The van der Waals surface area contributed by atoms with Crippen LogP contribution in [0.4, 0.5) is 0 Å². The number of aryl methyl sites for hydroxylation is 1. The van der Waals surface area contributed by atoms with E-state index in [2.05, 4.69) is 15.0 Å². The van der Waals surface area contributed by atoms with Crippen LogP contribution < -0.4 is 10.5 Å². The number of nitrogens with one attached hydrogen (secondary N) is 1. The van der Waals surface area contributed by atoms with E-state index in [1.165, 1.54) is 16.9 Å². The van der Waals surface area contributed by atoms with Crippen LogP contribution in [-0.2, 0) is 17.1 Å². The summed E-state index contributed by atoms with van der Waals surface area (Å²) in [5, 5.41) is 15.2. The Labute approximate surface area is 106 Å². The van der Waals surface area contributed by atoms with Crippen molar-refractivity contribution in [2.75, 3.05) is 0 Å². The number of nitrogens with zero attached hydrogens (tertiary/aromatic N) is 3. The zero-order chi connectivity index (χ0) is 13.8. The van der Waals surface area contributed by atoms with Gasteiger partial charge in [-0.3, -0.25) is 4.68 Å². The Morgan fingerprint density at radius 1 is 1.72 bits per heavy atom. The van der Waals surface area contributed by atoms with Crippen LogP contribution in [0, 0.1) is 0 Å². The molecule has 0 bridgehead atoms. The molecular formula is C9H17N5O3S. The molecule has 0 aliphatic rings. The van der Waals surface area contributed by atoms with Crippen LogP contribution in [0.5, 0.6) is 0 Å². The average Bonchev–Trinajstić information content (AvgIpc) is 2.74. The fourth-order valence-corrected chi connectivity index (χ4v) is 2.91. The van der Waals surface area contributed by atoms with Crippen molar-refractivity contribution in [1.82, 2.24) is 14.5 Å². The minimum atomic E-state index is -3.65. The Hall–Kier alpha value is -1.61. The summed E-state index contributed by atoms with van der Waals surface area (Å²) < 4.78 is 27.8. The minimum Gasteiger partial charge on any atom is -0.409 e. The Morgan fingerprint density at radius 3 is 2.83 bits per heavy atom. The highest BCUT2D eigenvalue weighted by atomic mass is 32.2. The van der Waals surface area contributed by atoms with Gasteiger partial charge >= 0.3 is 0 Å². The van der Waals surface area contributed by atoms with Gasteiger partial charge in [-0.2, -0.15) is 5.10 Å². The average molecular weight is 275 g/mol. The first-order valence-corrected chi connectivity index (χ1v) is 6.85. The standard InChI is InChI=1S/C9H17N5O3S/c1-3-7(6-8(10)12-15)13-18(16,17)9-4-5-11-14(9)2/h4-5,7,13,15H,3,6H2,1-2H3,(H2,10,12). The van der Waals surface area contributed by atoms with Gasteiger partial charge in [-0.05, 0) is 12.5 Å². The minimum absolute atomic E-state index is 0.0189. The summed E-state index contributed by atoms with van der Waals surface area (Å²) in [5.41, 5.74) is 5.36. The lowest BCUT2D eigenvalue weighted by Crippen LogP contribution is -2.38. The monoisotopic (exact) mass is 275 g/mol. The van der Waals surface area contributed by atoms with E-state index in [1.807, 2.05) is 0 Å². The predicted molar refractivity (Wildman–Crippen MR) is 65.6 cm³/mol. The van der Waals surface area contributed by atoms with Gasteiger partial charge in [0.1, 0.15) is 5.84 Å². The van der Waals surface area contributed by atoms with E-state index in [-0.39, 0.29) is 17.3 Å².